The third-order valence-electron chi connectivity index (χ3n) is 3.23. The molecular weight excluding hydrogens is 194 g/mol. The SMILES string of the molecule is OCC1CCCN(CCC2OCCO2)C1. The number of rotatable bonds is 4. The fourth-order valence-electron chi connectivity index (χ4n) is 2.37. The maximum absolute atomic E-state index is 9.11. The number of aliphatic hydroxyl groups is 1. The van der Waals surface area contributed by atoms with Crippen LogP contribution in [-0.4, -0.2) is 55.8 Å². The van der Waals surface area contributed by atoms with Gasteiger partial charge in [-0.3, -0.25) is 0 Å². The average Bonchev–Trinajstić information content (AvgIpc) is 2.79. The Morgan fingerprint density at radius 3 is 2.80 bits per heavy atom. The quantitative estimate of drug-likeness (QED) is 0.739. The lowest BCUT2D eigenvalue weighted by Crippen LogP contribution is -2.38. The second-order valence-corrected chi connectivity index (χ2v) is 4.45. The molecule has 0 aliphatic carbocycles. The summed E-state index contributed by atoms with van der Waals surface area (Å²) < 4.78 is 10.8. The predicted molar refractivity (Wildman–Crippen MR) is 56.6 cm³/mol. The molecule has 0 aromatic heterocycles. The monoisotopic (exact) mass is 215 g/mol. The van der Waals surface area contributed by atoms with E-state index in [0.717, 1.165) is 39.3 Å². The van der Waals surface area contributed by atoms with Gasteiger partial charge in [0.25, 0.3) is 0 Å². The van der Waals surface area contributed by atoms with Crippen molar-refractivity contribution in [3.63, 3.8) is 0 Å². The molecule has 1 unspecified atom stereocenters. The van der Waals surface area contributed by atoms with Crippen LogP contribution in [0, 0.1) is 5.92 Å². The molecule has 2 rings (SSSR count). The van der Waals surface area contributed by atoms with E-state index < -0.39 is 0 Å². The minimum absolute atomic E-state index is 0.0134. The minimum atomic E-state index is 0.0134. The van der Waals surface area contributed by atoms with E-state index in [1.807, 2.05) is 0 Å². The molecule has 1 atom stereocenters. The number of piperidine rings is 1. The molecule has 88 valence electrons. The summed E-state index contributed by atoms with van der Waals surface area (Å²) in [6, 6.07) is 0. The van der Waals surface area contributed by atoms with Crippen LogP contribution in [0.3, 0.4) is 0 Å². The third kappa shape index (κ3) is 3.41. The molecule has 0 saturated carbocycles. The first-order valence-corrected chi connectivity index (χ1v) is 5.95. The molecule has 4 heteroatoms. The van der Waals surface area contributed by atoms with Crippen molar-refractivity contribution in [1.82, 2.24) is 4.90 Å². The summed E-state index contributed by atoms with van der Waals surface area (Å²) in [5.41, 5.74) is 0. The van der Waals surface area contributed by atoms with Crippen molar-refractivity contribution in [1.29, 1.82) is 0 Å². The molecule has 0 spiro atoms. The lowest BCUT2D eigenvalue weighted by molar-refractivity contribution is -0.0535. The van der Waals surface area contributed by atoms with Crippen molar-refractivity contribution in [3.05, 3.63) is 0 Å². The molecule has 2 saturated heterocycles. The van der Waals surface area contributed by atoms with Crippen LogP contribution in [0.25, 0.3) is 0 Å². The summed E-state index contributed by atoms with van der Waals surface area (Å²) in [4.78, 5) is 2.41. The maximum atomic E-state index is 9.11. The normalized spacial score (nSPS) is 29.8. The number of hydrogen-bond donors (Lipinski definition) is 1. The number of hydrogen-bond acceptors (Lipinski definition) is 4. The molecule has 2 fully saturated rings. The van der Waals surface area contributed by atoms with Crippen molar-refractivity contribution in [3.8, 4) is 0 Å². The lowest BCUT2D eigenvalue weighted by Gasteiger charge is -2.32. The number of nitrogens with zero attached hydrogens (tertiary/aromatic N) is 1. The summed E-state index contributed by atoms with van der Waals surface area (Å²) in [5.74, 6) is 0.476. The van der Waals surface area contributed by atoms with E-state index in [4.69, 9.17) is 14.6 Å². The Balaban J connectivity index is 1.65. The van der Waals surface area contributed by atoms with Crippen molar-refractivity contribution in [2.24, 2.45) is 5.92 Å². The Kier molecular flexibility index (Phi) is 4.38. The van der Waals surface area contributed by atoms with Crippen molar-refractivity contribution in [2.45, 2.75) is 25.6 Å². The smallest absolute Gasteiger partial charge is 0.159 e. The van der Waals surface area contributed by atoms with Gasteiger partial charge in [0.1, 0.15) is 0 Å². The molecular formula is C11H21NO3. The average molecular weight is 215 g/mol. The minimum Gasteiger partial charge on any atom is -0.396 e. The summed E-state index contributed by atoms with van der Waals surface area (Å²) in [6.45, 7) is 5.02. The van der Waals surface area contributed by atoms with Crippen LogP contribution in [0.15, 0.2) is 0 Å². The van der Waals surface area contributed by atoms with Crippen LogP contribution in [0.1, 0.15) is 19.3 Å². The first kappa shape index (κ1) is 11.3. The second kappa shape index (κ2) is 5.80. The standard InChI is InChI=1S/C11H21NO3/c13-9-10-2-1-4-12(8-10)5-3-11-14-6-7-15-11/h10-11,13H,1-9H2. The van der Waals surface area contributed by atoms with Gasteiger partial charge in [-0.25, -0.2) is 0 Å². The molecule has 0 radical (unpaired) electrons. The molecule has 0 aromatic carbocycles. The molecule has 2 heterocycles. The number of likely N-dealkylation sites (tertiary alicyclic amines) is 1. The van der Waals surface area contributed by atoms with Crippen LogP contribution in [0.5, 0.6) is 0 Å². The van der Waals surface area contributed by atoms with Crippen LogP contribution in [-0.2, 0) is 9.47 Å². The fraction of sp³-hybridized carbons (Fsp3) is 1.00. The molecule has 15 heavy (non-hydrogen) atoms. The highest BCUT2D eigenvalue weighted by molar-refractivity contribution is 4.72. The second-order valence-electron chi connectivity index (χ2n) is 4.45. The van der Waals surface area contributed by atoms with Gasteiger partial charge in [-0.2, -0.15) is 0 Å². The highest BCUT2D eigenvalue weighted by atomic mass is 16.7. The Morgan fingerprint density at radius 2 is 2.07 bits per heavy atom. The molecule has 4 nitrogen and oxygen atoms in total. The summed E-state index contributed by atoms with van der Waals surface area (Å²) in [5, 5.41) is 9.11. The van der Waals surface area contributed by atoms with Crippen LogP contribution in [0.4, 0.5) is 0 Å². The van der Waals surface area contributed by atoms with Gasteiger partial charge < -0.3 is 19.5 Å². The van der Waals surface area contributed by atoms with Gasteiger partial charge in [-0.1, -0.05) is 0 Å². The highest BCUT2D eigenvalue weighted by Crippen LogP contribution is 2.17. The van der Waals surface area contributed by atoms with Crippen molar-refractivity contribution < 1.29 is 14.6 Å². The van der Waals surface area contributed by atoms with Gasteiger partial charge in [0, 0.05) is 26.1 Å². The van der Waals surface area contributed by atoms with Gasteiger partial charge in [0.15, 0.2) is 6.29 Å². The van der Waals surface area contributed by atoms with Crippen LogP contribution >= 0.6 is 0 Å². The van der Waals surface area contributed by atoms with Crippen LogP contribution < -0.4 is 0 Å². The molecule has 2 aliphatic heterocycles. The van der Waals surface area contributed by atoms with E-state index >= 15 is 0 Å². The largest absolute Gasteiger partial charge is 0.396 e. The van der Waals surface area contributed by atoms with Crippen molar-refractivity contribution >= 4 is 0 Å². The van der Waals surface area contributed by atoms with Gasteiger partial charge in [0.2, 0.25) is 0 Å². The zero-order valence-corrected chi connectivity index (χ0v) is 9.23. The van der Waals surface area contributed by atoms with E-state index in [-0.39, 0.29) is 6.29 Å². The van der Waals surface area contributed by atoms with E-state index in [0.29, 0.717) is 12.5 Å². The predicted octanol–water partition coefficient (Wildman–Crippen LogP) is 0.454. The van der Waals surface area contributed by atoms with Crippen LogP contribution in [0.2, 0.25) is 0 Å². The molecule has 0 bridgehead atoms. The Morgan fingerprint density at radius 1 is 1.27 bits per heavy atom. The molecule has 1 N–H and O–H groups in total. The Hall–Kier alpha value is -0.160. The zero-order chi connectivity index (χ0) is 10.5. The van der Waals surface area contributed by atoms with Gasteiger partial charge in [0.05, 0.1) is 13.2 Å². The molecule has 0 aromatic rings. The van der Waals surface area contributed by atoms with E-state index in [1.165, 1.54) is 12.8 Å². The Labute approximate surface area is 91.2 Å². The number of aliphatic hydroxyl groups excluding tert-OH is 1. The first-order chi connectivity index (χ1) is 7.38. The topological polar surface area (TPSA) is 41.9 Å². The fourth-order valence-corrected chi connectivity index (χ4v) is 2.37. The summed E-state index contributed by atoms with van der Waals surface area (Å²) in [7, 11) is 0. The maximum Gasteiger partial charge on any atom is 0.159 e. The third-order valence-corrected chi connectivity index (χ3v) is 3.23. The van der Waals surface area contributed by atoms with E-state index in [2.05, 4.69) is 4.90 Å². The molecule has 0 amide bonds. The van der Waals surface area contributed by atoms with Gasteiger partial charge >= 0.3 is 0 Å². The van der Waals surface area contributed by atoms with Crippen molar-refractivity contribution in [2.75, 3.05) is 39.5 Å². The first-order valence-electron chi connectivity index (χ1n) is 5.95. The highest BCUT2D eigenvalue weighted by Gasteiger charge is 2.21. The van der Waals surface area contributed by atoms with Gasteiger partial charge in [-0.05, 0) is 25.3 Å². The zero-order valence-electron chi connectivity index (χ0n) is 9.23. The van der Waals surface area contributed by atoms with E-state index in [9.17, 15) is 0 Å². The summed E-state index contributed by atoms with van der Waals surface area (Å²) >= 11 is 0. The molecule has 2 aliphatic rings. The van der Waals surface area contributed by atoms with Gasteiger partial charge in [-0.15, -0.1) is 0 Å². The Bertz CT molecular complexity index is 183. The van der Waals surface area contributed by atoms with E-state index in [1.54, 1.807) is 0 Å². The lowest BCUT2D eigenvalue weighted by atomic mass is 9.99. The number of ether oxygens (including phenoxy) is 2. The summed E-state index contributed by atoms with van der Waals surface area (Å²) in [6.07, 6.45) is 3.35.